The molecule has 25 heavy (non-hydrogen) atoms. The van der Waals surface area contributed by atoms with E-state index in [1.807, 2.05) is 6.07 Å². The molecule has 0 spiro atoms. The molecule has 6 heteroatoms. The van der Waals surface area contributed by atoms with Crippen molar-refractivity contribution in [3.63, 3.8) is 0 Å². The molecule has 1 aromatic heterocycles. The fourth-order valence-electron chi connectivity index (χ4n) is 3.17. The van der Waals surface area contributed by atoms with Crippen LogP contribution in [-0.2, 0) is 6.42 Å². The zero-order valence-electron chi connectivity index (χ0n) is 13.6. The number of nitrogens with zero attached hydrogens (tertiary/aromatic N) is 2. The Bertz CT molecular complexity index is 951. The second kappa shape index (κ2) is 6.12. The lowest BCUT2D eigenvalue weighted by Gasteiger charge is -2.14. The Morgan fingerprint density at radius 1 is 1.24 bits per heavy atom. The van der Waals surface area contributed by atoms with Gasteiger partial charge in [-0.15, -0.1) is 10.2 Å². The van der Waals surface area contributed by atoms with Crippen LogP contribution in [0.5, 0.6) is 0 Å². The maximum absolute atomic E-state index is 13.5. The third-order valence-corrected chi connectivity index (χ3v) is 4.39. The molecule has 1 aliphatic carbocycles. The van der Waals surface area contributed by atoms with Crippen LogP contribution in [0.4, 0.5) is 4.39 Å². The van der Waals surface area contributed by atoms with Crippen molar-refractivity contribution in [1.82, 2.24) is 15.5 Å². The molecule has 1 N–H and O–H groups in total. The van der Waals surface area contributed by atoms with Crippen LogP contribution in [0.15, 0.2) is 46.9 Å². The number of fused-ring (bicyclic) bond motifs is 1. The number of nitrogens with one attached hydrogen (secondary N) is 1. The number of carbonyl (C=O) groups excluding carboxylic acids is 1. The van der Waals surface area contributed by atoms with Crippen LogP contribution in [0.1, 0.15) is 39.8 Å². The van der Waals surface area contributed by atoms with Gasteiger partial charge < -0.3 is 9.73 Å². The lowest BCUT2D eigenvalue weighted by Crippen LogP contribution is -2.27. The van der Waals surface area contributed by atoms with E-state index in [2.05, 4.69) is 15.5 Å². The Morgan fingerprint density at radius 3 is 2.92 bits per heavy atom. The Hall–Kier alpha value is -3.02. The highest BCUT2D eigenvalue weighted by atomic mass is 19.1. The van der Waals surface area contributed by atoms with Crippen LogP contribution < -0.4 is 5.32 Å². The summed E-state index contributed by atoms with van der Waals surface area (Å²) < 4.78 is 18.9. The van der Waals surface area contributed by atoms with E-state index in [9.17, 15) is 9.18 Å². The van der Waals surface area contributed by atoms with Crippen molar-refractivity contribution in [2.45, 2.75) is 25.8 Å². The summed E-state index contributed by atoms with van der Waals surface area (Å²) in [6, 6.07) is 11.6. The minimum absolute atomic E-state index is 0.174. The molecule has 0 saturated carbocycles. The molecule has 2 aromatic carbocycles. The van der Waals surface area contributed by atoms with Crippen LogP contribution in [-0.4, -0.2) is 16.1 Å². The average molecular weight is 337 g/mol. The predicted molar refractivity (Wildman–Crippen MR) is 89.4 cm³/mol. The molecule has 0 fully saturated rings. The van der Waals surface area contributed by atoms with Crippen molar-refractivity contribution < 1.29 is 13.6 Å². The molecule has 3 aromatic rings. The molecule has 0 bridgehead atoms. The molecule has 0 radical (unpaired) electrons. The van der Waals surface area contributed by atoms with Gasteiger partial charge in [0.05, 0.1) is 6.04 Å². The quantitative estimate of drug-likeness (QED) is 0.793. The van der Waals surface area contributed by atoms with Crippen LogP contribution in [0, 0.1) is 12.7 Å². The van der Waals surface area contributed by atoms with E-state index >= 15 is 0 Å². The van der Waals surface area contributed by atoms with Crippen LogP contribution in [0.3, 0.4) is 0 Å². The van der Waals surface area contributed by atoms with E-state index in [1.54, 1.807) is 31.2 Å². The fraction of sp³-hybridized carbons (Fsp3) is 0.211. The summed E-state index contributed by atoms with van der Waals surface area (Å²) in [6.45, 7) is 1.71. The van der Waals surface area contributed by atoms with Gasteiger partial charge in [0.25, 0.3) is 5.91 Å². The second-order valence-corrected chi connectivity index (χ2v) is 6.11. The SMILES string of the molecule is Cc1nnc(-c2cccc(C(=O)N[C@H]3CCc4ccc(F)cc43)c2)o1. The van der Waals surface area contributed by atoms with Crippen molar-refractivity contribution >= 4 is 5.91 Å². The normalized spacial score (nSPS) is 15.8. The summed E-state index contributed by atoms with van der Waals surface area (Å²) in [5, 5.41) is 10.8. The summed E-state index contributed by atoms with van der Waals surface area (Å²) in [5.74, 6) is 0.351. The number of halogens is 1. The van der Waals surface area contributed by atoms with E-state index in [1.165, 1.54) is 12.1 Å². The van der Waals surface area contributed by atoms with E-state index in [0.29, 0.717) is 22.9 Å². The summed E-state index contributed by atoms with van der Waals surface area (Å²) in [6.07, 6.45) is 1.61. The van der Waals surface area contributed by atoms with Gasteiger partial charge >= 0.3 is 0 Å². The number of aryl methyl sites for hydroxylation is 2. The molecule has 0 unspecified atom stereocenters. The monoisotopic (exact) mass is 337 g/mol. The first-order valence-corrected chi connectivity index (χ1v) is 8.10. The number of benzene rings is 2. The first kappa shape index (κ1) is 15.5. The molecule has 4 rings (SSSR count). The van der Waals surface area contributed by atoms with Crippen LogP contribution in [0.25, 0.3) is 11.5 Å². The fourth-order valence-corrected chi connectivity index (χ4v) is 3.17. The van der Waals surface area contributed by atoms with Gasteiger partial charge in [0.2, 0.25) is 11.8 Å². The maximum atomic E-state index is 13.5. The number of aromatic nitrogens is 2. The predicted octanol–water partition coefficient (Wildman–Crippen LogP) is 3.60. The van der Waals surface area contributed by atoms with E-state index in [-0.39, 0.29) is 17.8 Å². The first-order chi connectivity index (χ1) is 12.1. The molecule has 0 aliphatic heterocycles. The largest absolute Gasteiger partial charge is 0.421 e. The topological polar surface area (TPSA) is 68.0 Å². The van der Waals surface area contributed by atoms with Gasteiger partial charge in [-0.1, -0.05) is 12.1 Å². The summed E-state index contributed by atoms with van der Waals surface area (Å²) in [4.78, 5) is 12.6. The number of carbonyl (C=O) groups is 1. The summed E-state index contributed by atoms with van der Waals surface area (Å²) >= 11 is 0. The highest BCUT2D eigenvalue weighted by Crippen LogP contribution is 2.32. The molecule has 126 valence electrons. The minimum atomic E-state index is -0.284. The summed E-state index contributed by atoms with van der Waals surface area (Å²) in [7, 11) is 0. The van der Waals surface area contributed by atoms with Crippen molar-refractivity contribution in [2.24, 2.45) is 0 Å². The molecule has 1 atom stereocenters. The molecule has 1 aliphatic rings. The highest BCUT2D eigenvalue weighted by molar-refractivity contribution is 5.95. The van der Waals surface area contributed by atoms with Crippen molar-refractivity contribution in [3.8, 4) is 11.5 Å². The Kier molecular flexibility index (Phi) is 3.80. The van der Waals surface area contributed by atoms with Crippen molar-refractivity contribution in [2.75, 3.05) is 0 Å². The van der Waals surface area contributed by atoms with Gasteiger partial charge in [-0.05, 0) is 54.3 Å². The second-order valence-electron chi connectivity index (χ2n) is 6.11. The zero-order valence-corrected chi connectivity index (χ0v) is 13.6. The van der Waals surface area contributed by atoms with Gasteiger partial charge in [0.1, 0.15) is 5.82 Å². The summed E-state index contributed by atoms with van der Waals surface area (Å²) in [5.41, 5.74) is 3.13. The lowest BCUT2D eigenvalue weighted by molar-refractivity contribution is 0.0936. The molecule has 5 nitrogen and oxygen atoms in total. The number of hydrogen-bond donors (Lipinski definition) is 1. The van der Waals surface area contributed by atoms with Gasteiger partial charge in [0, 0.05) is 18.1 Å². The molecule has 1 heterocycles. The van der Waals surface area contributed by atoms with Crippen LogP contribution in [0.2, 0.25) is 0 Å². The van der Waals surface area contributed by atoms with Crippen molar-refractivity contribution in [1.29, 1.82) is 0 Å². The Morgan fingerprint density at radius 2 is 2.12 bits per heavy atom. The zero-order chi connectivity index (χ0) is 17.4. The molecule has 1 amide bonds. The standard InChI is InChI=1S/C19H16FN3O2/c1-11-22-23-19(25-11)14-4-2-3-13(9-14)18(24)21-17-8-6-12-5-7-15(20)10-16(12)17/h2-5,7,9-10,17H,6,8H2,1H3,(H,21,24)/t17-/m0/s1. The highest BCUT2D eigenvalue weighted by Gasteiger charge is 2.25. The Labute approximate surface area is 143 Å². The maximum Gasteiger partial charge on any atom is 0.251 e. The molecular formula is C19H16FN3O2. The average Bonchev–Trinajstić information content (AvgIpc) is 3.21. The third-order valence-electron chi connectivity index (χ3n) is 4.39. The van der Waals surface area contributed by atoms with E-state index < -0.39 is 0 Å². The van der Waals surface area contributed by atoms with E-state index in [4.69, 9.17) is 4.42 Å². The first-order valence-electron chi connectivity index (χ1n) is 8.10. The van der Waals surface area contributed by atoms with Crippen LogP contribution >= 0.6 is 0 Å². The van der Waals surface area contributed by atoms with Gasteiger partial charge in [-0.25, -0.2) is 4.39 Å². The van der Waals surface area contributed by atoms with E-state index in [0.717, 1.165) is 24.0 Å². The number of rotatable bonds is 3. The smallest absolute Gasteiger partial charge is 0.251 e. The lowest BCUT2D eigenvalue weighted by atomic mass is 10.1. The number of amides is 1. The van der Waals surface area contributed by atoms with Gasteiger partial charge in [-0.3, -0.25) is 4.79 Å². The number of hydrogen-bond acceptors (Lipinski definition) is 4. The molecular weight excluding hydrogens is 321 g/mol. The minimum Gasteiger partial charge on any atom is -0.421 e. The van der Waals surface area contributed by atoms with Gasteiger partial charge in [0.15, 0.2) is 0 Å². The Balaban J connectivity index is 1.56. The van der Waals surface area contributed by atoms with Gasteiger partial charge in [-0.2, -0.15) is 0 Å². The van der Waals surface area contributed by atoms with Crippen molar-refractivity contribution in [3.05, 3.63) is 70.9 Å². The third kappa shape index (κ3) is 3.03. The molecule has 0 saturated heterocycles.